The molecule has 2 aromatic carbocycles. The van der Waals surface area contributed by atoms with Gasteiger partial charge in [-0.2, -0.15) is 0 Å². The second kappa shape index (κ2) is 10.2. The smallest absolute Gasteiger partial charge is 0.222 e. The van der Waals surface area contributed by atoms with E-state index in [1.807, 2.05) is 27.0 Å². The molecule has 0 spiro atoms. The fourth-order valence-electron chi connectivity index (χ4n) is 3.90. The second-order valence-corrected chi connectivity index (χ2v) is 8.50. The summed E-state index contributed by atoms with van der Waals surface area (Å²) in [5, 5.41) is 1.94. The average molecular weight is 474 g/mol. The van der Waals surface area contributed by atoms with Crippen molar-refractivity contribution in [3.8, 4) is 22.8 Å². The number of amides is 1. The molecule has 6 nitrogen and oxygen atoms in total. The van der Waals surface area contributed by atoms with Gasteiger partial charge in [0.1, 0.15) is 23.0 Å². The van der Waals surface area contributed by atoms with Gasteiger partial charge in [0.2, 0.25) is 5.91 Å². The Kier molecular flexibility index (Phi) is 7.08. The number of methoxy groups -OCH3 is 2. The normalized spacial score (nSPS) is 14.2. The number of aromatic nitrogens is 1. The summed E-state index contributed by atoms with van der Waals surface area (Å²) >= 11 is 1.36. The molecule has 0 unspecified atom stereocenters. The van der Waals surface area contributed by atoms with E-state index in [1.54, 1.807) is 20.3 Å². The van der Waals surface area contributed by atoms with Gasteiger partial charge in [-0.1, -0.05) is 0 Å². The maximum absolute atomic E-state index is 14.3. The molecule has 0 saturated carbocycles. The zero-order valence-electron chi connectivity index (χ0n) is 18.5. The van der Waals surface area contributed by atoms with Crippen LogP contribution in [0.3, 0.4) is 0 Å². The van der Waals surface area contributed by atoms with Crippen LogP contribution in [0.5, 0.6) is 11.5 Å². The van der Waals surface area contributed by atoms with Crippen LogP contribution in [0.25, 0.3) is 11.3 Å². The molecule has 0 radical (unpaired) electrons. The van der Waals surface area contributed by atoms with Gasteiger partial charge in [-0.25, -0.2) is 13.8 Å². The number of carbonyl (C=O) groups excluding carboxylic acids is 1. The Labute approximate surface area is 194 Å². The third-order valence-corrected chi connectivity index (χ3v) is 6.45. The molecule has 1 aliphatic rings. The maximum atomic E-state index is 14.3. The molecule has 9 heteroatoms. The fourth-order valence-corrected chi connectivity index (χ4v) is 4.83. The molecular formula is C24H25F2N3O3S. The highest BCUT2D eigenvalue weighted by Gasteiger charge is 2.20. The molecule has 4 rings (SSSR count). The number of carbonyl (C=O) groups is 1. The van der Waals surface area contributed by atoms with Crippen LogP contribution in [-0.2, 0) is 11.3 Å². The number of ether oxygens (including phenoxy) is 2. The summed E-state index contributed by atoms with van der Waals surface area (Å²) in [4.78, 5) is 18.9. The van der Waals surface area contributed by atoms with Gasteiger partial charge in [0.15, 0.2) is 10.6 Å². The van der Waals surface area contributed by atoms with E-state index < -0.39 is 11.6 Å². The van der Waals surface area contributed by atoms with E-state index >= 15 is 0 Å². The summed E-state index contributed by atoms with van der Waals surface area (Å²) in [7, 11) is 3.18. The minimum absolute atomic E-state index is 0.0648. The number of hydrogen-bond acceptors (Lipinski definition) is 5. The van der Waals surface area contributed by atoms with Crippen molar-refractivity contribution in [1.82, 2.24) is 9.47 Å². The predicted molar refractivity (Wildman–Crippen MR) is 123 cm³/mol. The lowest BCUT2D eigenvalue weighted by molar-refractivity contribution is -0.127. The summed E-state index contributed by atoms with van der Waals surface area (Å²) < 4.78 is 40.5. The highest BCUT2D eigenvalue weighted by molar-refractivity contribution is 7.07. The minimum atomic E-state index is -0.721. The number of rotatable bonds is 8. The largest absolute Gasteiger partial charge is 0.497 e. The van der Waals surface area contributed by atoms with Gasteiger partial charge in [-0.3, -0.25) is 4.79 Å². The van der Waals surface area contributed by atoms with E-state index in [1.165, 1.54) is 23.5 Å². The number of thiazole rings is 1. The van der Waals surface area contributed by atoms with Gasteiger partial charge in [0.25, 0.3) is 0 Å². The molecular weight excluding hydrogens is 448 g/mol. The first kappa shape index (κ1) is 23.0. The van der Waals surface area contributed by atoms with Gasteiger partial charge < -0.3 is 18.9 Å². The van der Waals surface area contributed by atoms with Gasteiger partial charge in [-0.15, -0.1) is 11.3 Å². The quantitative estimate of drug-likeness (QED) is 0.474. The highest BCUT2D eigenvalue weighted by atomic mass is 32.1. The van der Waals surface area contributed by atoms with Crippen molar-refractivity contribution < 1.29 is 23.0 Å². The third-order valence-electron chi connectivity index (χ3n) is 5.59. The maximum Gasteiger partial charge on any atom is 0.222 e. The van der Waals surface area contributed by atoms with Crippen LogP contribution < -0.4 is 14.3 Å². The Bertz CT molecular complexity index is 1220. The molecule has 0 N–H and O–H groups in total. The van der Waals surface area contributed by atoms with Crippen LogP contribution in [-0.4, -0.2) is 42.7 Å². The SMILES string of the molecule is COc1ccc(-c2csc(=Nc3ccc(F)cc3F)n2CCCN2CCCC2=O)c(OC)c1. The lowest BCUT2D eigenvalue weighted by atomic mass is 10.1. The molecule has 1 amide bonds. The van der Waals surface area contributed by atoms with Gasteiger partial charge in [0, 0.05) is 49.1 Å². The number of hydrogen-bond donors (Lipinski definition) is 0. The highest BCUT2D eigenvalue weighted by Crippen LogP contribution is 2.34. The van der Waals surface area contributed by atoms with Crippen molar-refractivity contribution in [3.63, 3.8) is 0 Å². The monoisotopic (exact) mass is 473 g/mol. The fraction of sp³-hybridized carbons (Fsp3) is 0.333. The van der Waals surface area contributed by atoms with Crippen molar-refractivity contribution in [2.45, 2.75) is 25.8 Å². The number of nitrogens with zero attached hydrogens (tertiary/aromatic N) is 3. The molecule has 1 saturated heterocycles. The predicted octanol–water partition coefficient (Wildman–Crippen LogP) is 4.76. The van der Waals surface area contributed by atoms with Crippen molar-refractivity contribution in [1.29, 1.82) is 0 Å². The van der Waals surface area contributed by atoms with Gasteiger partial charge in [0.05, 0.1) is 19.9 Å². The lowest BCUT2D eigenvalue weighted by Crippen LogP contribution is -2.27. The number of halogens is 2. The molecule has 1 aliphatic heterocycles. The van der Waals surface area contributed by atoms with Crippen LogP contribution in [0.15, 0.2) is 46.8 Å². The standard InChI is InChI=1S/C24H25F2N3O3S/c1-31-17-7-8-18(22(14-17)32-2)21-15-33-24(27-20-9-6-16(25)13-19(20)26)29(21)12-4-11-28-10-3-5-23(28)30/h6-9,13-15H,3-5,10-12H2,1-2H3. The Hall–Kier alpha value is -3.20. The van der Waals surface area contributed by atoms with E-state index in [0.29, 0.717) is 42.2 Å². The molecule has 3 aromatic rings. The summed E-state index contributed by atoms with van der Waals surface area (Å²) in [5.74, 6) is 0.115. The number of likely N-dealkylation sites (tertiary alicyclic amines) is 1. The van der Waals surface area contributed by atoms with E-state index in [9.17, 15) is 13.6 Å². The average Bonchev–Trinajstić information content (AvgIpc) is 3.41. The van der Waals surface area contributed by atoms with Crippen LogP contribution >= 0.6 is 11.3 Å². The molecule has 2 heterocycles. The molecule has 0 bridgehead atoms. The van der Waals surface area contributed by atoms with Gasteiger partial charge >= 0.3 is 0 Å². The Balaban J connectivity index is 1.73. The first-order chi connectivity index (χ1) is 16.0. The zero-order valence-corrected chi connectivity index (χ0v) is 19.3. The van der Waals surface area contributed by atoms with E-state index in [-0.39, 0.29) is 11.6 Å². The molecule has 174 valence electrons. The van der Waals surface area contributed by atoms with Crippen LogP contribution in [0.1, 0.15) is 19.3 Å². The summed E-state index contributed by atoms with van der Waals surface area (Å²) in [6, 6.07) is 8.89. The summed E-state index contributed by atoms with van der Waals surface area (Å²) in [6.45, 7) is 2.00. The molecule has 0 atom stereocenters. The first-order valence-corrected chi connectivity index (χ1v) is 11.6. The lowest BCUT2D eigenvalue weighted by Gasteiger charge is -2.17. The van der Waals surface area contributed by atoms with E-state index in [4.69, 9.17) is 9.47 Å². The van der Waals surface area contributed by atoms with Crippen molar-refractivity contribution in [2.24, 2.45) is 4.99 Å². The molecule has 1 fully saturated rings. The van der Waals surface area contributed by atoms with E-state index in [2.05, 4.69) is 4.99 Å². The Morgan fingerprint density at radius 2 is 1.94 bits per heavy atom. The van der Waals surface area contributed by atoms with Crippen molar-refractivity contribution in [2.75, 3.05) is 27.3 Å². The topological polar surface area (TPSA) is 56.1 Å². The van der Waals surface area contributed by atoms with Crippen LogP contribution in [0.2, 0.25) is 0 Å². The zero-order chi connectivity index (χ0) is 23.4. The van der Waals surface area contributed by atoms with E-state index in [0.717, 1.165) is 30.3 Å². The Morgan fingerprint density at radius 3 is 2.64 bits per heavy atom. The molecule has 33 heavy (non-hydrogen) atoms. The summed E-state index contributed by atoms with van der Waals surface area (Å²) in [5.41, 5.74) is 1.76. The van der Waals surface area contributed by atoms with Gasteiger partial charge in [-0.05, 0) is 37.1 Å². The van der Waals surface area contributed by atoms with Crippen molar-refractivity contribution in [3.05, 3.63) is 58.2 Å². The van der Waals surface area contributed by atoms with Crippen LogP contribution in [0, 0.1) is 11.6 Å². The molecule has 1 aromatic heterocycles. The summed E-state index contributed by atoms with van der Waals surface area (Å²) in [6.07, 6.45) is 2.21. The first-order valence-electron chi connectivity index (χ1n) is 10.7. The molecule has 0 aliphatic carbocycles. The second-order valence-electron chi connectivity index (χ2n) is 7.67. The Morgan fingerprint density at radius 1 is 1.09 bits per heavy atom. The van der Waals surface area contributed by atoms with Crippen LogP contribution in [0.4, 0.5) is 14.5 Å². The minimum Gasteiger partial charge on any atom is -0.497 e. The third kappa shape index (κ3) is 5.08. The number of benzene rings is 2. The van der Waals surface area contributed by atoms with Crippen molar-refractivity contribution >= 4 is 22.9 Å².